The zero-order valence-electron chi connectivity index (χ0n) is 10.8. The molecule has 1 aromatic carbocycles. The van der Waals surface area contributed by atoms with Crippen LogP contribution in [0.2, 0.25) is 0 Å². The fraction of sp³-hybridized carbons (Fsp3) is 0.500. The number of hydrogen-bond donors (Lipinski definition) is 2. The quantitative estimate of drug-likeness (QED) is 0.786. The molecule has 1 unspecified atom stereocenters. The van der Waals surface area contributed by atoms with Crippen molar-refractivity contribution in [2.45, 2.75) is 30.2 Å². The number of carbonyl (C=O) groups is 1. The van der Waals surface area contributed by atoms with E-state index in [0.29, 0.717) is 29.7 Å². The van der Waals surface area contributed by atoms with Crippen molar-refractivity contribution in [2.24, 2.45) is 0 Å². The molecule has 1 amide bonds. The summed E-state index contributed by atoms with van der Waals surface area (Å²) < 4.78 is 13.3. The Labute approximate surface area is 117 Å². The molecule has 0 saturated carbocycles. The molecule has 0 radical (unpaired) electrons. The lowest BCUT2D eigenvalue weighted by molar-refractivity contribution is -0.120. The number of rotatable bonds is 6. The Morgan fingerprint density at radius 1 is 1.47 bits per heavy atom. The van der Waals surface area contributed by atoms with E-state index in [1.54, 1.807) is 18.2 Å². The molecule has 1 fully saturated rings. The molecule has 1 aliphatic heterocycles. The normalized spacial score (nSPS) is 18.5. The molecule has 1 atom stereocenters. The molecule has 1 saturated heterocycles. The topological polar surface area (TPSA) is 41.1 Å². The van der Waals surface area contributed by atoms with Crippen LogP contribution in [-0.2, 0) is 4.79 Å². The molecule has 19 heavy (non-hydrogen) atoms. The van der Waals surface area contributed by atoms with Crippen LogP contribution in [0.5, 0.6) is 0 Å². The van der Waals surface area contributed by atoms with E-state index < -0.39 is 0 Å². The van der Waals surface area contributed by atoms with Crippen LogP contribution in [0.4, 0.5) is 4.39 Å². The van der Waals surface area contributed by atoms with E-state index in [-0.39, 0.29) is 11.7 Å². The number of thioether (sulfide) groups is 1. The van der Waals surface area contributed by atoms with Gasteiger partial charge in [-0.15, -0.1) is 11.8 Å². The summed E-state index contributed by atoms with van der Waals surface area (Å²) in [6.07, 6.45) is 2.74. The highest BCUT2D eigenvalue weighted by Crippen LogP contribution is 2.21. The first-order valence-corrected chi connectivity index (χ1v) is 7.61. The summed E-state index contributed by atoms with van der Waals surface area (Å²) in [5, 5.41) is 6.25. The lowest BCUT2D eigenvalue weighted by atomic mass is 10.2. The van der Waals surface area contributed by atoms with E-state index >= 15 is 0 Å². The van der Waals surface area contributed by atoms with Crippen LogP contribution in [0.1, 0.15) is 19.3 Å². The lowest BCUT2D eigenvalue weighted by Gasteiger charge is -2.11. The van der Waals surface area contributed by atoms with Gasteiger partial charge in [0.25, 0.3) is 0 Å². The minimum Gasteiger partial charge on any atom is -0.355 e. The Kier molecular flexibility index (Phi) is 5.66. The summed E-state index contributed by atoms with van der Waals surface area (Å²) in [5.74, 6) is 0.422. The molecular weight excluding hydrogens is 263 g/mol. The smallest absolute Gasteiger partial charge is 0.220 e. The van der Waals surface area contributed by atoms with Gasteiger partial charge in [-0.25, -0.2) is 4.39 Å². The summed E-state index contributed by atoms with van der Waals surface area (Å²) >= 11 is 1.38. The number of halogens is 1. The third-order valence-electron chi connectivity index (χ3n) is 3.13. The van der Waals surface area contributed by atoms with Gasteiger partial charge in [0.15, 0.2) is 0 Å². The molecule has 0 spiro atoms. The monoisotopic (exact) mass is 282 g/mol. The first-order chi connectivity index (χ1) is 9.25. The fourth-order valence-corrected chi connectivity index (χ4v) is 2.96. The van der Waals surface area contributed by atoms with Crippen LogP contribution in [-0.4, -0.2) is 30.8 Å². The second-order valence-electron chi connectivity index (χ2n) is 4.63. The van der Waals surface area contributed by atoms with Gasteiger partial charge >= 0.3 is 0 Å². The highest BCUT2D eigenvalue weighted by molar-refractivity contribution is 7.99. The minimum absolute atomic E-state index is 0.0394. The zero-order valence-corrected chi connectivity index (χ0v) is 11.6. The molecule has 2 N–H and O–H groups in total. The van der Waals surface area contributed by atoms with Gasteiger partial charge in [0, 0.05) is 29.7 Å². The van der Waals surface area contributed by atoms with Crippen molar-refractivity contribution in [3.05, 3.63) is 30.1 Å². The minimum atomic E-state index is -0.219. The van der Waals surface area contributed by atoms with Crippen molar-refractivity contribution in [2.75, 3.05) is 18.8 Å². The van der Waals surface area contributed by atoms with Crippen molar-refractivity contribution in [3.63, 3.8) is 0 Å². The number of carbonyl (C=O) groups excluding carboxylic acids is 1. The molecule has 0 aliphatic carbocycles. The summed E-state index contributed by atoms with van der Waals surface area (Å²) in [6, 6.07) is 7.06. The van der Waals surface area contributed by atoms with Crippen LogP contribution < -0.4 is 10.6 Å². The van der Waals surface area contributed by atoms with Gasteiger partial charge in [-0.3, -0.25) is 4.79 Å². The van der Waals surface area contributed by atoms with Crippen molar-refractivity contribution in [1.29, 1.82) is 0 Å². The second kappa shape index (κ2) is 7.50. The number of amides is 1. The maximum Gasteiger partial charge on any atom is 0.220 e. The molecule has 1 aromatic rings. The Hall–Kier alpha value is -1.07. The molecule has 1 heterocycles. The van der Waals surface area contributed by atoms with E-state index in [2.05, 4.69) is 10.6 Å². The highest BCUT2D eigenvalue weighted by atomic mass is 32.2. The summed E-state index contributed by atoms with van der Waals surface area (Å²) in [6.45, 7) is 1.74. The predicted octanol–water partition coefficient (Wildman–Crippen LogP) is 2.18. The average Bonchev–Trinajstić information content (AvgIpc) is 2.92. The SMILES string of the molecule is O=C(CCSc1ccccc1F)NCC1CCCN1. The Balaban J connectivity index is 1.62. The Morgan fingerprint density at radius 3 is 3.05 bits per heavy atom. The second-order valence-corrected chi connectivity index (χ2v) is 5.76. The number of nitrogens with one attached hydrogen (secondary N) is 2. The largest absolute Gasteiger partial charge is 0.355 e. The predicted molar refractivity (Wildman–Crippen MR) is 75.8 cm³/mol. The first kappa shape index (κ1) is 14.3. The first-order valence-electron chi connectivity index (χ1n) is 6.63. The van der Waals surface area contributed by atoms with E-state index in [9.17, 15) is 9.18 Å². The average molecular weight is 282 g/mol. The maximum absolute atomic E-state index is 13.3. The van der Waals surface area contributed by atoms with Gasteiger partial charge in [0.05, 0.1) is 0 Å². The molecule has 3 nitrogen and oxygen atoms in total. The van der Waals surface area contributed by atoms with Crippen LogP contribution in [0.3, 0.4) is 0 Å². The summed E-state index contributed by atoms with van der Waals surface area (Å²) in [7, 11) is 0. The van der Waals surface area contributed by atoms with Crippen LogP contribution in [0.15, 0.2) is 29.2 Å². The van der Waals surface area contributed by atoms with Gasteiger partial charge in [-0.2, -0.15) is 0 Å². The highest BCUT2D eigenvalue weighted by Gasteiger charge is 2.14. The van der Waals surface area contributed by atoms with Crippen LogP contribution in [0, 0.1) is 5.82 Å². The third kappa shape index (κ3) is 4.84. The van der Waals surface area contributed by atoms with Crippen molar-refractivity contribution >= 4 is 17.7 Å². The summed E-state index contributed by atoms with van der Waals surface area (Å²) in [4.78, 5) is 12.2. The standard InChI is InChI=1S/C14H19FN2OS/c15-12-5-1-2-6-13(12)19-9-7-14(18)17-10-11-4-3-8-16-11/h1-2,5-6,11,16H,3-4,7-10H2,(H,17,18). The fourth-order valence-electron chi connectivity index (χ4n) is 2.07. The molecule has 5 heteroatoms. The van der Waals surface area contributed by atoms with E-state index in [1.807, 2.05) is 0 Å². The van der Waals surface area contributed by atoms with E-state index in [0.717, 1.165) is 13.0 Å². The molecule has 2 rings (SSSR count). The van der Waals surface area contributed by atoms with Gasteiger partial charge in [0.2, 0.25) is 5.91 Å². The van der Waals surface area contributed by atoms with Crippen LogP contribution in [0.25, 0.3) is 0 Å². The van der Waals surface area contributed by atoms with Gasteiger partial charge in [-0.1, -0.05) is 12.1 Å². The lowest BCUT2D eigenvalue weighted by Crippen LogP contribution is -2.37. The van der Waals surface area contributed by atoms with E-state index in [1.165, 1.54) is 24.2 Å². The van der Waals surface area contributed by atoms with Crippen molar-refractivity contribution < 1.29 is 9.18 Å². The van der Waals surface area contributed by atoms with Gasteiger partial charge in [0.1, 0.15) is 5.82 Å². The van der Waals surface area contributed by atoms with Gasteiger partial charge in [-0.05, 0) is 31.5 Å². The zero-order chi connectivity index (χ0) is 13.5. The number of benzene rings is 1. The van der Waals surface area contributed by atoms with E-state index in [4.69, 9.17) is 0 Å². The Morgan fingerprint density at radius 2 is 2.32 bits per heavy atom. The van der Waals surface area contributed by atoms with Crippen molar-refractivity contribution in [1.82, 2.24) is 10.6 Å². The third-order valence-corrected chi connectivity index (χ3v) is 4.18. The Bertz CT molecular complexity index is 422. The molecule has 0 aromatic heterocycles. The molecule has 0 bridgehead atoms. The van der Waals surface area contributed by atoms with Crippen LogP contribution >= 0.6 is 11.8 Å². The van der Waals surface area contributed by atoms with Gasteiger partial charge < -0.3 is 10.6 Å². The molecular formula is C14H19FN2OS. The molecule has 104 valence electrons. The van der Waals surface area contributed by atoms with Crippen molar-refractivity contribution in [3.8, 4) is 0 Å². The molecule has 1 aliphatic rings. The maximum atomic E-state index is 13.3. The summed E-state index contributed by atoms with van der Waals surface area (Å²) in [5.41, 5.74) is 0. The number of hydrogen-bond acceptors (Lipinski definition) is 3.